The van der Waals surface area contributed by atoms with Gasteiger partial charge in [-0.3, -0.25) is 4.79 Å². The number of hydrogen-bond acceptors (Lipinski definition) is 3. The first-order valence-corrected chi connectivity index (χ1v) is 7.35. The van der Waals surface area contributed by atoms with E-state index in [1.165, 1.54) is 12.1 Å². The molecule has 0 aliphatic heterocycles. The number of halogens is 3. The molecule has 4 nitrogen and oxygen atoms in total. The van der Waals surface area contributed by atoms with E-state index in [1.807, 2.05) is 0 Å². The predicted molar refractivity (Wildman–Crippen MR) is 88.4 cm³/mol. The Morgan fingerprint density at radius 3 is 2.57 bits per heavy atom. The molecule has 0 saturated carbocycles. The van der Waals surface area contributed by atoms with Crippen LogP contribution in [-0.2, 0) is 0 Å². The molecule has 21 heavy (non-hydrogen) atoms. The maximum absolute atomic E-state index is 12.2. The van der Waals surface area contributed by atoms with Crippen LogP contribution < -0.4 is 10.8 Å². The molecule has 0 bridgehead atoms. The van der Waals surface area contributed by atoms with Crippen LogP contribution in [0.2, 0.25) is 10.0 Å². The third-order valence-corrected chi connectivity index (χ3v) is 3.96. The van der Waals surface area contributed by atoms with Gasteiger partial charge in [-0.05, 0) is 35.8 Å². The minimum Gasteiger partial charge on any atom is -0.423 e. The van der Waals surface area contributed by atoms with Crippen molar-refractivity contribution in [1.82, 2.24) is 0 Å². The van der Waals surface area contributed by atoms with Crippen LogP contribution in [0.15, 0.2) is 40.9 Å². The van der Waals surface area contributed by atoms with Gasteiger partial charge in [0, 0.05) is 10.0 Å². The first kappa shape index (κ1) is 16.3. The molecule has 0 aromatic heterocycles. The fourth-order valence-electron chi connectivity index (χ4n) is 1.69. The highest BCUT2D eigenvalue weighted by atomic mass is 79.9. The lowest BCUT2D eigenvalue weighted by Gasteiger charge is -2.10. The second-order valence-electron chi connectivity index (χ2n) is 4.20. The summed E-state index contributed by atoms with van der Waals surface area (Å²) < 4.78 is 0.551. The van der Waals surface area contributed by atoms with E-state index in [0.717, 1.165) is 0 Å². The van der Waals surface area contributed by atoms with Gasteiger partial charge in [-0.25, -0.2) is 0 Å². The van der Waals surface area contributed by atoms with Crippen LogP contribution in [0, 0.1) is 0 Å². The predicted octanol–water partition coefficient (Wildman–Crippen LogP) is 2.69. The number of carbonyl (C=O) groups excluding carboxylic acids is 1. The Kier molecular flexibility index (Phi) is 5.29. The van der Waals surface area contributed by atoms with Crippen LogP contribution in [0.5, 0.6) is 0 Å². The summed E-state index contributed by atoms with van der Waals surface area (Å²) >= 11 is 15.1. The van der Waals surface area contributed by atoms with Crippen LogP contribution in [0.1, 0.15) is 10.4 Å². The number of rotatable bonds is 3. The molecule has 0 unspecified atom stereocenters. The lowest BCUT2D eigenvalue weighted by Crippen LogP contribution is -2.31. The Morgan fingerprint density at radius 1 is 1.19 bits per heavy atom. The van der Waals surface area contributed by atoms with E-state index in [-0.39, 0.29) is 16.0 Å². The fraction of sp³-hybridized carbons (Fsp3) is 0. The van der Waals surface area contributed by atoms with Crippen LogP contribution in [0.3, 0.4) is 0 Å². The maximum Gasteiger partial charge on any atom is 0.488 e. The monoisotopic (exact) mass is 387 g/mol. The molecule has 108 valence electrons. The molecule has 0 fully saturated rings. The fourth-order valence-corrected chi connectivity index (χ4v) is 2.55. The SMILES string of the molecule is O=C(Nc1cccc(Cl)c1Cl)c1cc(Br)cc(B(O)O)c1. The lowest BCUT2D eigenvalue weighted by atomic mass is 9.79. The zero-order valence-corrected chi connectivity index (χ0v) is 13.6. The van der Waals surface area contributed by atoms with E-state index in [0.29, 0.717) is 15.2 Å². The van der Waals surface area contributed by atoms with Crippen molar-refractivity contribution in [2.45, 2.75) is 0 Å². The average molecular weight is 389 g/mol. The number of hydrogen-bond donors (Lipinski definition) is 3. The van der Waals surface area contributed by atoms with E-state index in [9.17, 15) is 14.8 Å². The highest BCUT2D eigenvalue weighted by Crippen LogP contribution is 2.29. The number of carbonyl (C=O) groups is 1. The maximum atomic E-state index is 12.2. The Balaban J connectivity index is 2.30. The van der Waals surface area contributed by atoms with Crippen LogP contribution in [0.25, 0.3) is 0 Å². The van der Waals surface area contributed by atoms with Gasteiger partial charge < -0.3 is 15.4 Å². The van der Waals surface area contributed by atoms with Crippen molar-refractivity contribution in [1.29, 1.82) is 0 Å². The van der Waals surface area contributed by atoms with Crippen molar-refractivity contribution in [2.24, 2.45) is 0 Å². The second-order valence-corrected chi connectivity index (χ2v) is 5.90. The van der Waals surface area contributed by atoms with Gasteiger partial charge in [0.25, 0.3) is 5.91 Å². The highest BCUT2D eigenvalue weighted by molar-refractivity contribution is 9.10. The van der Waals surface area contributed by atoms with Crippen LogP contribution >= 0.6 is 39.1 Å². The molecular formula is C13H9BBrCl2NO3. The largest absolute Gasteiger partial charge is 0.488 e. The third kappa shape index (κ3) is 3.99. The van der Waals surface area contributed by atoms with Crippen molar-refractivity contribution >= 4 is 63.3 Å². The van der Waals surface area contributed by atoms with Gasteiger partial charge in [-0.15, -0.1) is 0 Å². The van der Waals surface area contributed by atoms with Gasteiger partial charge in [0.15, 0.2) is 0 Å². The quantitative estimate of drug-likeness (QED) is 0.708. The Morgan fingerprint density at radius 2 is 1.90 bits per heavy atom. The molecule has 0 spiro atoms. The van der Waals surface area contributed by atoms with E-state index >= 15 is 0 Å². The molecule has 1 amide bonds. The molecule has 0 heterocycles. The van der Waals surface area contributed by atoms with Crippen LogP contribution in [-0.4, -0.2) is 23.1 Å². The molecule has 0 radical (unpaired) electrons. The third-order valence-electron chi connectivity index (χ3n) is 2.68. The molecule has 0 aliphatic carbocycles. The lowest BCUT2D eigenvalue weighted by molar-refractivity contribution is 0.102. The Hall–Kier alpha value is -1.05. The molecule has 0 saturated heterocycles. The zero-order valence-electron chi connectivity index (χ0n) is 10.5. The molecule has 8 heteroatoms. The van der Waals surface area contributed by atoms with Gasteiger partial charge in [0.2, 0.25) is 0 Å². The van der Waals surface area contributed by atoms with E-state index in [4.69, 9.17) is 23.2 Å². The standard InChI is InChI=1S/C13H9BBrCl2NO3/c15-9-5-7(4-8(6-9)14(20)21)13(19)18-11-3-1-2-10(16)12(11)17/h1-6,20-21H,(H,18,19). The van der Waals surface area contributed by atoms with Gasteiger partial charge in [-0.2, -0.15) is 0 Å². The summed E-state index contributed by atoms with van der Waals surface area (Å²) in [5.41, 5.74) is 0.829. The summed E-state index contributed by atoms with van der Waals surface area (Å²) in [6.45, 7) is 0. The summed E-state index contributed by atoms with van der Waals surface area (Å²) in [5, 5.41) is 21.6. The van der Waals surface area contributed by atoms with Crippen molar-refractivity contribution in [3.8, 4) is 0 Å². The summed E-state index contributed by atoms with van der Waals surface area (Å²) in [7, 11) is -1.66. The summed E-state index contributed by atoms with van der Waals surface area (Å²) in [6, 6.07) is 9.33. The van der Waals surface area contributed by atoms with Gasteiger partial charge in [0.1, 0.15) is 0 Å². The Labute approximate surface area is 140 Å². The zero-order chi connectivity index (χ0) is 15.6. The smallest absolute Gasteiger partial charge is 0.423 e. The first-order chi connectivity index (χ1) is 9.88. The highest BCUT2D eigenvalue weighted by Gasteiger charge is 2.16. The minimum atomic E-state index is -1.66. The molecule has 2 aromatic carbocycles. The average Bonchev–Trinajstić information content (AvgIpc) is 2.43. The molecular weight excluding hydrogens is 380 g/mol. The number of benzene rings is 2. The van der Waals surface area contributed by atoms with Crippen molar-refractivity contribution < 1.29 is 14.8 Å². The van der Waals surface area contributed by atoms with Gasteiger partial charge in [-0.1, -0.05) is 45.2 Å². The van der Waals surface area contributed by atoms with Crippen molar-refractivity contribution in [3.63, 3.8) is 0 Å². The topological polar surface area (TPSA) is 69.6 Å². The van der Waals surface area contributed by atoms with E-state index in [1.54, 1.807) is 24.3 Å². The molecule has 2 rings (SSSR count). The number of amides is 1. The summed E-state index contributed by atoms with van der Waals surface area (Å²) in [6.07, 6.45) is 0. The van der Waals surface area contributed by atoms with Crippen molar-refractivity contribution in [3.05, 3.63) is 56.5 Å². The Bertz CT molecular complexity index is 697. The first-order valence-electron chi connectivity index (χ1n) is 5.80. The molecule has 0 aliphatic rings. The normalized spacial score (nSPS) is 10.3. The number of anilines is 1. The molecule has 2 aromatic rings. The van der Waals surface area contributed by atoms with E-state index in [2.05, 4.69) is 21.2 Å². The van der Waals surface area contributed by atoms with Gasteiger partial charge in [0.05, 0.1) is 15.7 Å². The summed E-state index contributed by atoms with van der Waals surface area (Å²) in [4.78, 5) is 12.2. The van der Waals surface area contributed by atoms with E-state index < -0.39 is 13.0 Å². The summed E-state index contributed by atoms with van der Waals surface area (Å²) in [5.74, 6) is -0.442. The van der Waals surface area contributed by atoms with Gasteiger partial charge >= 0.3 is 7.12 Å². The van der Waals surface area contributed by atoms with Crippen molar-refractivity contribution in [2.75, 3.05) is 5.32 Å². The number of nitrogens with one attached hydrogen (secondary N) is 1. The second kappa shape index (κ2) is 6.81. The molecule has 3 N–H and O–H groups in total. The molecule has 0 atom stereocenters. The minimum absolute atomic E-state index is 0.201. The van der Waals surface area contributed by atoms with Crippen LogP contribution in [0.4, 0.5) is 5.69 Å².